The third-order valence-corrected chi connectivity index (χ3v) is 3.72. The predicted molar refractivity (Wildman–Crippen MR) is 89.2 cm³/mol. The summed E-state index contributed by atoms with van der Waals surface area (Å²) in [4.78, 5) is 18.6. The molecule has 0 bridgehead atoms. The molecular weight excluding hydrogens is 310 g/mol. The van der Waals surface area contributed by atoms with Crippen LogP contribution >= 0.6 is 0 Å². The Morgan fingerprint density at radius 1 is 1.33 bits per heavy atom. The van der Waals surface area contributed by atoms with E-state index < -0.39 is 0 Å². The highest BCUT2D eigenvalue weighted by Gasteiger charge is 2.12. The first-order valence-corrected chi connectivity index (χ1v) is 7.95. The van der Waals surface area contributed by atoms with Crippen molar-refractivity contribution in [2.45, 2.75) is 6.92 Å². The highest BCUT2D eigenvalue weighted by molar-refractivity contribution is 6.02. The Bertz CT molecular complexity index is 682. The largest absolute Gasteiger partial charge is 0.384 e. The van der Waals surface area contributed by atoms with E-state index in [1.807, 2.05) is 6.07 Å². The molecule has 1 aliphatic heterocycles. The SMILES string of the molecule is Cc1cc(NC(=O)c2cc(NCCN3CCOCC3)ccn2)no1. The molecule has 0 spiro atoms. The average Bonchev–Trinajstić information content (AvgIpc) is 3.01. The van der Waals surface area contributed by atoms with Crippen LogP contribution in [0.1, 0.15) is 16.2 Å². The molecule has 0 aliphatic carbocycles. The molecule has 1 fully saturated rings. The monoisotopic (exact) mass is 331 g/mol. The first kappa shape index (κ1) is 16.4. The summed E-state index contributed by atoms with van der Waals surface area (Å²) in [6.07, 6.45) is 1.61. The molecule has 1 amide bonds. The smallest absolute Gasteiger partial charge is 0.275 e. The number of ether oxygens (including phenoxy) is 1. The average molecular weight is 331 g/mol. The fraction of sp³-hybridized carbons (Fsp3) is 0.438. The van der Waals surface area contributed by atoms with Crippen LogP contribution in [0.5, 0.6) is 0 Å². The number of hydrogen-bond donors (Lipinski definition) is 2. The van der Waals surface area contributed by atoms with Gasteiger partial charge in [0.05, 0.1) is 13.2 Å². The van der Waals surface area contributed by atoms with Crippen molar-refractivity contribution in [3.8, 4) is 0 Å². The van der Waals surface area contributed by atoms with E-state index in [1.165, 1.54) is 0 Å². The number of aryl methyl sites for hydroxylation is 1. The molecule has 2 aromatic heterocycles. The fourth-order valence-electron chi connectivity index (χ4n) is 2.45. The molecule has 8 nitrogen and oxygen atoms in total. The number of nitrogens with zero attached hydrogens (tertiary/aromatic N) is 3. The number of hydrogen-bond acceptors (Lipinski definition) is 7. The zero-order valence-corrected chi connectivity index (χ0v) is 13.6. The topological polar surface area (TPSA) is 92.5 Å². The summed E-state index contributed by atoms with van der Waals surface area (Å²) in [6.45, 7) is 7.01. The van der Waals surface area contributed by atoms with Gasteiger partial charge in [-0.25, -0.2) is 0 Å². The highest BCUT2D eigenvalue weighted by Crippen LogP contribution is 2.12. The number of morpholine rings is 1. The van der Waals surface area contributed by atoms with Gasteiger partial charge >= 0.3 is 0 Å². The van der Waals surface area contributed by atoms with Crippen LogP contribution in [0.15, 0.2) is 28.9 Å². The van der Waals surface area contributed by atoms with E-state index in [-0.39, 0.29) is 5.91 Å². The molecule has 2 N–H and O–H groups in total. The van der Waals surface area contributed by atoms with Crippen LogP contribution in [0.2, 0.25) is 0 Å². The maximum Gasteiger partial charge on any atom is 0.275 e. The van der Waals surface area contributed by atoms with Gasteiger partial charge in [-0.05, 0) is 19.1 Å². The maximum absolute atomic E-state index is 12.2. The van der Waals surface area contributed by atoms with E-state index in [1.54, 1.807) is 25.3 Å². The molecule has 2 aromatic rings. The Hall–Kier alpha value is -2.45. The number of rotatable bonds is 6. The summed E-state index contributed by atoms with van der Waals surface area (Å²) < 4.78 is 10.3. The number of amides is 1. The molecule has 0 radical (unpaired) electrons. The summed E-state index contributed by atoms with van der Waals surface area (Å²) in [6, 6.07) is 5.22. The van der Waals surface area contributed by atoms with E-state index in [0.717, 1.165) is 45.1 Å². The molecule has 128 valence electrons. The molecule has 0 atom stereocenters. The maximum atomic E-state index is 12.2. The summed E-state index contributed by atoms with van der Waals surface area (Å²) in [5.74, 6) is 0.696. The zero-order chi connectivity index (χ0) is 16.8. The lowest BCUT2D eigenvalue weighted by Crippen LogP contribution is -2.39. The Morgan fingerprint density at radius 2 is 2.17 bits per heavy atom. The van der Waals surface area contributed by atoms with Crippen LogP contribution in [0.4, 0.5) is 11.5 Å². The van der Waals surface area contributed by atoms with Crippen molar-refractivity contribution in [1.29, 1.82) is 0 Å². The molecule has 1 saturated heterocycles. The van der Waals surface area contributed by atoms with Crippen LogP contribution in [0.3, 0.4) is 0 Å². The number of carbonyl (C=O) groups excluding carboxylic acids is 1. The standard InChI is InChI=1S/C16H21N5O3/c1-12-10-15(20-24-12)19-16(22)14-11-13(2-3-18-14)17-4-5-21-6-8-23-9-7-21/h2-3,10-11H,4-9H2,1H3,(H,17,18)(H,19,20,22). The van der Waals surface area contributed by atoms with Gasteiger partial charge in [0.25, 0.3) is 5.91 Å². The number of carbonyl (C=O) groups is 1. The van der Waals surface area contributed by atoms with Crippen molar-refractivity contribution in [2.75, 3.05) is 50.0 Å². The van der Waals surface area contributed by atoms with Crippen LogP contribution < -0.4 is 10.6 Å². The van der Waals surface area contributed by atoms with E-state index in [9.17, 15) is 4.79 Å². The van der Waals surface area contributed by atoms with Gasteiger partial charge in [0.1, 0.15) is 11.5 Å². The molecule has 1 aliphatic rings. The van der Waals surface area contributed by atoms with Gasteiger partial charge < -0.3 is 19.9 Å². The zero-order valence-electron chi connectivity index (χ0n) is 13.6. The second-order valence-electron chi connectivity index (χ2n) is 5.59. The van der Waals surface area contributed by atoms with E-state index in [2.05, 4.69) is 25.7 Å². The third-order valence-electron chi connectivity index (χ3n) is 3.72. The normalized spacial score (nSPS) is 15.2. The van der Waals surface area contributed by atoms with Crippen LogP contribution in [-0.4, -0.2) is 60.3 Å². The van der Waals surface area contributed by atoms with Crippen molar-refractivity contribution in [2.24, 2.45) is 0 Å². The Kier molecular flexibility index (Phi) is 5.39. The molecule has 0 aromatic carbocycles. The van der Waals surface area contributed by atoms with Gasteiger partial charge in [-0.3, -0.25) is 14.7 Å². The number of anilines is 2. The summed E-state index contributed by atoms with van der Waals surface area (Å²) in [5.41, 5.74) is 1.19. The van der Waals surface area contributed by atoms with Crippen molar-refractivity contribution < 1.29 is 14.1 Å². The van der Waals surface area contributed by atoms with E-state index >= 15 is 0 Å². The molecule has 24 heavy (non-hydrogen) atoms. The fourth-order valence-corrected chi connectivity index (χ4v) is 2.45. The first-order valence-electron chi connectivity index (χ1n) is 7.95. The number of aromatic nitrogens is 2. The minimum Gasteiger partial charge on any atom is -0.384 e. The van der Waals surface area contributed by atoms with Crippen LogP contribution in [0, 0.1) is 6.92 Å². The summed E-state index contributed by atoms with van der Waals surface area (Å²) in [7, 11) is 0. The van der Waals surface area contributed by atoms with Crippen molar-refractivity contribution >= 4 is 17.4 Å². The van der Waals surface area contributed by atoms with Crippen LogP contribution in [-0.2, 0) is 4.74 Å². The molecule has 8 heteroatoms. The van der Waals surface area contributed by atoms with Gasteiger partial charge in [0.15, 0.2) is 5.82 Å². The number of pyridine rings is 1. The Labute approximate surface area is 140 Å². The van der Waals surface area contributed by atoms with Crippen molar-refractivity contribution in [1.82, 2.24) is 15.0 Å². The van der Waals surface area contributed by atoms with Gasteiger partial charge in [0.2, 0.25) is 0 Å². The predicted octanol–water partition coefficient (Wildman–Crippen LogP) is 1.37. The minimum absolute atomic E-state index is 0.319. The molecule has 3 heterocycles. The second-order valence-corrected chi connectivity index (χ2v) is 5.59. The molecule has 3 rings (SSSR count). The van der Waals surface area contributed by atoms with Crippen molar-refractivity contribution in [3.63, 3.8) is 0 Å². The summed E-state index contributed by atoms with van der Waals surface area (Å²) in [5, 5.41) is 9.72. The Morgan fingerprint density at radius 3 is 2.92 bits per heavy atom. The lowest BCUT2D eigenvalue weighted by Gasteiger charge is -2.26. The van der Waals surface area contributed by atoms with E-state index in [4.69, 9.17) is 9.26 Å². The van der Waals surface area contributed by atoms with Crippen LogP contribution in [0.25, 0.3) is 0 Å². The minimum atomic E-state index is -0.319. The first-order chi connectivity index (χ1) is 11.7. The highest BCUT2D eigenvalue weighted by atomic mass is 16.5. The van der Waals surface area contributed by atoms with Gasteiger partial charge in [-0.2, -0.15) is 0 Å². The lowest BCUT2D eigenvalue weighted by atomic mass is 10.3. The van der Waals surface area contributed by atoms with Gasteiger partial charge in [-0.1, -0.05) is 5.16 Å². The molecule has 0 saturated carbocycles. The number of nitrogens with one attached hydrogen (secondary N) is 2. The van der Waals surface area contributed by atoms with Gasteiger partial charge in [0, 0.05) is 44.1 Å². The van der Waals surface area contributed by atoms with E-state index in [0.29, 0.717) is 17.3 Å². The Balaban J connectivity index is 1.52. The third kappa shape index (κ3) is 4.53. The van der Waals surface area contributed by atoms with Gasteiger partial charge in [-0.15, -0.1) is 0 Å². The quantitative estimate of drug-likeness (QED) is 0.826. The molecule has 0 unspecified atom stereocenters. The van der Waals surface area contributed by atoms with Crippen molar-refractivity contribution in [3.05, 3.63) is 35.9 Å². The lowest BCUT2D eigenvalue weighted by molar-refractivity contribution is 0.0398. The molecular formula is C16H21N5O3. The summed E-state index contributed by atoms with van der Waals surface area (Å²) >= 11 is 0. The second kappa shape index (κ2) is 7.89.